The molecule has 4 rings (SSSR count). The third-order valence-corrected chi connectivity index (χ3v) is 5.21. The molecule has 0 bridgehead atoms. The summed E-state index contributed by atoms with van der Waals surface area (Å²) in [6, 6.07) is 0. The molecule has 0 amide bonds. The Bertz CT molecular complexity index is 849. The van der Waals surface area contributed by atoms with Crippen LogP contribution in [0.1, 0.15) is 16.9 Å². The minimum absolute atomic E-state index is 0.107. The van der Waals surface area contributed by atoms with Crippen molar-refractivity contribution in [2.75, 3.05) is 6.54 Å². The molecule has 6 nitrogen and oxygen atoms in total. The molecule has 0 aliphatic carbocycles. The van der Waals surface area contributed by atoms with Gasteiger partial charge in [-0.25, -0.2) is 9.97 Å². The molecule has 0 fully saturated rings. The zero-order valence-electron chi connectivity index (χ0n) is 12.2. The van der Waals surface area contributed by atoms with E-state index in [9.17, 15) is 4.79 Å². The number of hydrogen-bond donors (Lipinski definition) is 1. The van der Waals surface area contributed by atoms with E-state index in [0.717, 1.165) is 42.7 Å². The molecule has 0 radical (unpaired) electrons. The third-order valence-electron chi connectivity index (χ3n) is 4.07. The number of imidazole rings is 1. The smallest absolute Gasteiger partial charge is 0.262 e. The van der Waals surface area contributed by atoms with Crippen molar-refractivity contribution in [1.29, 1.82) is 0 Å². The van der Waals surface area contributed by atoms with Crippen LogP contribution in [0.5, 0.6) is 0 Å². The first-order valence-electron chi connectivity index (χ1n) is 7.49. The average molecular weight is 315 g/mol. The van der Waals surface area contributed by atoms with E-state index in [0.29, 0.717) is 6.54 Å². The maximum Gasteiger partial charge on any atom is 0.262 e. The Hall–Kier alpha value is -1.99. The summed E-state index contributed by atoms with van der Waals surface area (Å²) in [5.74, 6) is 0. The molecule has 1 N–H and O–H groups in total. The minimum Gasteiger partial charge on any atom is -0.337 e. The topological polar surface area (TPSA) is 64.7 Å². The largest absolute Gasteiger partial charge is 0.337 e. The van der Waals surface area contributed by atoms with Crippen molar-refractivity contribution in [3.63, 3.8) is 0 Å². The van der Waals surface area contributed by atoms with Gasteiger partial charge < -0.3 is 9.88 Å². The lowest BCUT2D eigenvalue weighted by Crippen LogP contribution is -2.25. The molecule has 7 heteroatoms. The highest BCUT2D eigenvalue weighted by molar-refractivity contribution is 7.18. The Morgan fingerprint density at radius 3 is 3.14 bits per heavy atom. The standard InChI is InChI=1S/C15H17N5OS/c21-15-13-11-2-3-16-8-12(11)22-14(13)18-10-20(15)6-1-5-19-7-4-17-9-19/h4,7,9-10,16H,1-3,5-6,8H2. The van der Waals surface area contributed by atoms with Crippen LogP contribution >= 0.6 is 11.3 Å². The fourth-order valence-corrected chi connectivity index (χ4v) is 4.10. The normalized spacial score (nSPS) is 14.4. The van der Waals surface area contributed by atoms with Crippen molar-refractivity contribution in [1.82, 2.24) is 24.4 Å². The van der Waals surface area contributed by atoms with Crippen LogP contribution in [-0.4, -0.2) is 25.6 Å². The van der Waals surface area contributed by atoms with Crippen LogP contribution in [0.4, 0.5) is 0 Å². The monoisotopic (exact) mass is 315 g/mol. The predicted octanol–water partition coefficient (Wildman–Crippen LogP) is 1.39. The predicted molar refractivity (Wildman–Crippen MR) is 86.1 cm³/mol. The Morgan fingerprint density at radius 2 is 2.27 bits per heavy atom. The minimum atomic E-state index is 0.107. The molecule has 3 aromatic rings. The highest BCUT2D eigenvalue weighted by atomic mass is 32.1. The molecule has 4 heterocycles. The van der Waals surface area contributed by atoms with Crippen LogP contribution in [0.2, 0.25) is 0 Å². The molecule has 0 aromatic carbocycles. The zero-order chi connectivity index (χ0) is 14.9. The summed E-state index contributed by atoms with van der Waals surface area (Å²) in [5.41, 5.74) is 1.32. The fraction of sp³-hybridized carbons (Fsp3) is 0.400. The fourth-order valence-electron chi connectivity index (χ4n) is 2.95. The molecular formula is C15H17N5OS. The van der Waals surface area contributed by atoms with Gasteiger partial charge in [-0.3, -0.25) is 9.36 Å². The van der Waals surface area contributed by atoms with Gasteiger partial charge in [-0.05, 0) is 24.9 Å². The molecule has 114 valence electrons. The Morgan fingerprint density at radius 1 is 1.32 bits per heavy atom. The molecule has 0 spiro atoms. The summed E-state index contributed by atoms with van der Waals surface area (Å²) in [7, 11) is 0. The number of rotatable bonds is 4. The van der Waals surface area contributed by atoms with Gasteiger partial charge in [0.05, 0.1) is 18.0 Å². The van der Waals surface area contributed by atoms with E-state index in [4.69, 9.17) is 0 Å². The van der Waals surface area contributed by atoms with Crippen LogP contribution in [0.15, 0.2) is 29.8 Å². The van der Waals surface area contributed by atoms with Gasteiger partial charge in [0.1, 0.15) is 4.83 Å². The highest BCUT2D eigenvalue weighted by Gasteiger charge is 2.19. The molecule has 0 atom stereocenters. The van der Waals surface area contributed by atoms with Gasteiger partial charge in [0.2, 0.25) is 0 Å². The quantitative estimate of drug-likeness (QED) is 0.790. The Kier molecular flexibility index (Phi) is 3.51. The number of aromatic nitrogens is 4. The first-order chi connectivity index (χ1) is 10.8. The molecule has 1 aliphatic rings. The van der Waals surface area contributed by atoms with Gasteiger partial charge in [-0.1, -0.05) is 0 Å². The third kappa shape index (κ3) is 2.36. The van der Waals surface area contributed by atoms with Crippen molar-refractivity contribution < 1.29 is 0 Å². The number of nitrogens with zero attached hydrogens (tertiary/aromatic N) is 4. The van der Waals surface area contributed by atoms with Gasteiger partial charge in [0, 0.05) is 36.9 Å². The number of aryl methyl sites for hydroxylation is 2. The zero-order valence-corrected chi connectivity index (χ0v) is 13.0. The van der Waals surface area contributed by atoms with Crippen LogP contribution in [0, 0.1) is 0 Å². The Balaban J connectivity index is 1.61. The first kappa shape index (κ1) is 13.7. The summed E-state index contributed by atoms with van der Waals surface area (Å²) < 4.78 is 3.77. The summed E-state index contributed by atoms with van der Waals surface area (Å²) in [4.78, 5) is 23.4. The summed E-state index contributed by atoms with van der Waals surface area (Å²) in [5, 5.41) is 4.19. The van der Waals surface area contributed by atoms with Gasteiger partial charge in [-0.15, -0.1) is 11.3 Å². The lowest BCUT2D eigenvalue weighted by molar-refractivity contribution is 0.550. The number of hydrogen-bond acceptors (Lipinski definition) is 5. The lowest BCUT2D eigenvalue weighted by atomic mass is 10.1. The second-order valence-electron chi connectivity index (χ2n) is 5.51. The second kappa shape index (κ2) is 5.66. The maximum atomic E-state index is 12.7. The van der Waals surface area contributed by atoms with Crippen molar-refractivity contribution in [2.45, 2.75) is 32.5 Å². The van der Waals surface area contributed by atoms with Crippen molar-refractivity contribution >= 4 is 21.6 Å². The lowest BCUT2D eigenvalue weighted by Gasteiger charge is -2.12. The van der Waals surface area contributed by atoms with E-state index < -0.39 is 0 Å². The summed E-state index contributed by atoms with van der Waals surface area (Å²) in [6.07, 6.45) is 9.00. The van der Waals surface area contributed by atoms with Gasteiger partial charge in [0.15, 0.2) is 0 Å². The van der Waals surface area contributed by atoms with Gasteiger partial charge in [0.25, 0.3) is 5.56 Å². The van der Waals surface area contributed by atoms with E-state index in [-0.39, 0.29) is 5.56 Å². The molecule has 0 saturated carbocycles. The summed E-state index contributed by atoms with van der Waals surface area (Å²) in [6.45, 7) is 3.34. The molecule has 0 unspecified atom stereocenters. The van der Waals surface area contributed by atoms with E-state index in [1.54, 1.807) is 34.8 Å². The van der Waals surface area contributed by atoms with Crippen LogP contribution < -0.4 is 10.9 Å². The van der Waals surface area contributed by atoms with E-state index >= 15 is 0 Å². The molecular weight excluding hydrogens is 298 g/mol. The summed E-state index contributed by atoms with van der Waals surface area (Å²) >= 11 is 1.65. The van der Waals surface area contributed by atoms with Gasteiger partial charge in [-0.2, -0.15) is 0 Å². The Labute approximate surface area is 131 Å². The molecule has 22 heavy (non-hydrogen) atoms. The van der Waals surface area contributed by atoms with E-state index in [1.807, 2.05) is 10.8 Å². The van der Waals surface area contributed by atoms with E-state index in [1.165, 1.54) is 10.4 Å². The molecule has 0 saturated heterocycles. The van der Waals surface area contributed by atoms with Gasteiger partial charge >= 0.3 is 0 Å². The first-order valence-corrected chi connectivity index (χ1v) is 8.31. The second-order valence-corrected chi connectivity index (χ2v) is 6.59. The number of thiophene rings is 1. The molecule has 1 aliphatic heterocycles. The number of nitrogens with one attached hydrogen (secondary N) is 1. The molecule has 3 aromatic heterocycles. The van der Waals surface area contributed by atoms with Crippen LogP contribution in [0.3, 0.4) is 0 Å². The van der Waals surface area contributed by atoms with Crippen LogP contribution in [-0.2, 0) is 26.1 Å². The maximum absolute atomic E-state index is 12.7. The van der Waals surface area contributed by atoms with E-state index in [2.05, 4.69) is 15.3 Å². The van der Waals surface area contributed by atoms with Crippen molar-refractivity contribution in [3.8, 4) is 0 Å². The van der Waals surface area contributed by atoms with Crippen molar-refractivity contribution in [3.05, 3.63) is 45.8 Å². The number of fused-ring (bicyclic) bond motifs is 3. The highest BCUT2D eigenvalue weighted by Crippen LogP contribution is 2.29. The van der Waals surface area contributed by atoms with Crippen molar-refractivity contribution in [2.24, 2.45) is 0 Å². The van der Waals surface area contributed by atoms with Crippen LogP contribution in [0.25, 0.3) is 10.2 Å². The SMILES string of the molecule is O=c1c2c3c(sc2ncn1CCCn1ccnc1)CNCC3. The average Bonchev–Trinajstić information content (AvgIpc) is 3.16.